The van der Waals surface area contributed by atoms with E-state index in [-0.39, 0.29) is 12.3 Å². The summed E-state index contributed by atoms with van der Waals surface area (Å²) in [5.74, 6) is 1.20. The number of aromatic nitrogens is 1. The van der Waals surface area contributed by atoms with E-state index in [1.165, 1.54) is 0 Å². The first kappa shape index (κ1) is 17.0. The van der Waals surface area contributed by atoms with Crippen LogP contribution in [-0.2, 0) is 11.2 Å². The molecule has 25 heavy (non-hydrogen) atoms. The first-order chi connectivity index (χ1) is 12.1. The minimum Gasteiger partial charge on any atom is -0.494 e. The van der Waals surface area contributed by atoms with Crippen molar-refractivity contribution in [2.45, 2.75) is 13.3 Å². The number of ether oxygens (including phenoxy) is 1. The lowest BCUT2D eigenvalue weighted by Gasteiger charge is -2.06. The second-order valence-electron chi connectivity index (χ2n) is 5.37. The molecule has 0 radical (unpaired) electrons. The monoisotopic (exact) mass is 356 g/mol. The third kappa shape index (κ3) is 4.61. The van der Waals surface area contributed by atoms with Gasteiger partial charge >= 0.3 is 0 Å². The number of hydrogen-bond acceptors (Lipinski definition) is 4. The van der Waals surface area contributed by atoms with Gasteiger partial charge in [0, 0.05) is 22.3 Å². The van der Waals surface area contributed by atoms with Gasteiger partial charge in [0.2, 0.25) is 5.91 Å². The second-order valence-corrected chi connectivity index (χ2v) is 5.81. The summed E-state index contributed by atoms with van der Waals surface area (Å²) in [4.78, 5) is 12.1. The van der Waals surface area contributed by atoms with Crippen LogP contribution in [0.2, 0.25) is 5.02 Å². The average Bonchev–Trinajstić information content (AvgIpc) is 3.06. The zero-order valence-electron chi connectivity index (χ0n) is 13.7. The summed E-state index contributed by atoms with van der Waals surface area (Å²) in [6, 6.07) is 16.2. The molecule has 2 aromatic carbocycles. The predicted octanol–water partition coefficient (Wildman–Crippen LogP) is 4.57. The molecule has 1 amide bonds. The molecule has 0 saturated carbocycles. The van der Waals surface area contributed by atoms with Gasteiger partial charge in [-0.15, -0.1) is 0 Å². The van der Waals surface area contributed by atoms with E-state index in [4.69, 9.17) is 20.9 Å². The molecular weight excluding hydrogens is 340 g/mol. The number of nitrogens with one attached hydrogen (secondary N) is 1. The Morgan fingerprint density at radius 1 is 1.16 bits per heavy atom. The number of hydrogen-bond donors (Lipinski definition) is 1. The summed E-state index contributed by atoms with van der Waals surface area (Å²) in [5, 5.41) is 7.42. The highest BCUT2D eigenvalue weighted by molar-refractivity contribution is 6.30. The first-order valence-corrected chi connectivity index (χ1v) is 8.26. The summed E-state index contributed by atoms with van der Waals surface area (Å²) in [6.45, 7) is 2.53. The Morgan fingerprint density at radius 2 is 1.88 bits per heavy atom. The van der Waals surface area contributed by atoms with Crippen LogP contribution >= 0.6 is 11.6 Å². The molecule has 0 unspecified atom stereocenters. The highest BCUT2D eigenvalue weighted by Crippen LogP contribution is 2.22. The second kappa shape index (κ2) is 7.85. The number of nitrogens with zero attached hydrogens (tertiary/aromatic N) is 1. The fraction of sp³-hybridized carbons (Fsp3) is 0.158. The van der Waals surface area contributed by atoms with Crippen molar-refractivity contribution < 1.29 is 14.1 Å². The number of benzene rings is 2. The molecule has 0 spiro atoms. The lowest BCUT2D eigenvalue weighted by molar-refractivity contribution is -0.115. The SMILES string of the molecule is CCOc1ccc(NC(=O)Cc2cc(-c3ccc(Cl)cc3)on2)cc1. The Hall–Kier alpha value is -2.79. The van der Waals surface area contributed by atoms with Gasteiger partial charge in [-0.05, 0) is 55.5 Å². The predicted molar refractivity (Wildman–Crippen MR) is 96.9 cm³/mol. The van der Waals surface area contributed by atoms with Gasteiger partial charge in [0.05, 0.1) is 18.7 Å². The third-order valence-corrected chi connectivity index (χ3v) is 3.73. The van der Waals surface area contributed by atoms with Crippen molar-refractivity contribution in [1.82, 2.24) is 5.16 Å². The number of rotatable bonds is 6. The smallest absolute Gasteiger partial charge is 0.230 e. The molecule has 3 rings (SSSR count). The fourth-order valence-electron chi connectivity index (χ4n) is 2.32. The molecule has 0 aliphatic rings. The highest BCUT2D eigenvalue weighted by atomic mass is 35.5. The summed E-state index contributed by atoms with van der Waals surface area (Å²) >= 11 is 5.87. The highest BCUT2D eigenvalue weighted by Gasteiger charge is 2.11. The molecule has 1 N–H and O–H groups in total. The lowest BCUT2D eigenvalue weighted by Crippen LogP contribution is -2.14. The summed E-state index contributed by atoms with van der Waals surface area (Å²) in [7, 11) is 0. The number of amides is 1. The van der Waals surface area contributed by atoms with Crippen LogP contribution in [-0.4, -0.2) is 17.7 Å². The van der Waals surface area contributed by atoms with Gasteiger partial charge in [0.25, 0.3) is 0 Å². The lowest BCUT2D eigenvalue weighted by atomic mass is 10.1. The maximum atomic E-state index is 12.1. The van der Waals surface area contributed by atoms with Crippen molar-refractivity contribution in [3.05, 3.63) is 65.3 Å². The van der Waals surface area contributed by atoms with Gasteiger partial charge in [-0.1, -0.05) is 16.8 Å². The van der Waals surface area contributed by atoms with Gasteiger partial charge in [-0.25, -0.2) is 0 Å². The van der Waals surface area contributed by atoms with Crippen molar-refractivity contribution in [1.29, 1.82) is 0 Å². The molecule has 128 valence electrons. The zero-order chi connectivity index (χ0) is 17.6. The molecule has 0 fully saturated rings. The molecule has 1 aromatic heterocycles. The van der Waals surface area contributed by atoms with Crippen LogP contribution in [0.15, 0.2) is 59.1 Å². The van der Waals surface area contributed by atoms with Gasteiger partial charge < -0.3 is 14.6 Å². The maximum Gasteiger partial charge on any atom is 0.230 e. The molecule has 5 nitrogen and oxygen atoms in total. The van der Waals surface area contributed by atoms with Gasteiger partial charge in [-0.2, -0.15) is 0 Å². The van der Waals surface area contributed by atoms with Crippen molar-refractivity contribution in [3.8, 4) is 17.1 Å². The van der Waals surface area contributed by atoms with E-state index in [9.17, 15) is 4.79 Å². The van der Waals surface area contributed by atoms with Crippen molar-refractivity contribution in [2.75, 3.05) is 11.9 Å². The molecule has 0 atom stereocenters. The van der Waals surface area contributed by atoms with Crippen LogP contribution in [0.3, 0.4) is 0 Å². The Morgan fingerprint density at radius 3 is 2.56 bits per heavy atom. The Labute approximate surface area is 150 Å². The van der Waals surface area contributed by atoms with Crippen LogP contribution in [0.25, 0.3) is 11.3 Å². The van der Waals surface area contributed by atoms with E-state index in [0.29, 0.717) is 28.8 Å². The van der Waals surface area contributed by atoms with Crippen molar-refractivity contribution >= 4 is 23.2 Å². The summed E-state index contributed by atoms with van der Waals surface area (Å²) in [5.41, 5.74) is 2.12. The van der Waals surface area contributed by atoms with Crippen LogP contribution in [0.4, 0.5) is 5.69 Å². The van der Waals surface area contributed by atoms with E-state index in [0.717, 1.165) is 11.3 Å². The number of halogens is 1. The third-order valence-electron chi connectivity index (χ3n) is 3.48. The molecule has 0 aliphatic heterocycles. The Kier molecular flexibility index (Phi) is 5.36. The molecule has 3 aromatic rings. The van der Waals surface area contributed by atoms with E-state index in [2.05, 4.69) is 10.5 Å². The minimum absolute atomic E-state index is 0.129. The molecule has 0 bridgehead atoms. The van der Waals surface area contributed by atoms with E-state index < -0.39 is 0 Å². The fourth-order valence-corrected chi connectivity index (χ4v) is 2.44. The topological polar surface area (TPSA) is 64.4 Å². The van der Waals surface area contributed by atoms with Crippen molar-refractivity contribution in [3.63, 3.8) is 0 Å². The maximum absolute atomic E-state index is 12.1. The summed E-state index contributed by atoms with van der Waals surface area (Å²) < 4.78 is 10.7. The number of anilines is 1. The quantitative estimate of drug-likeness (QED) is 0.702. The Balaban J connectivity index is 1.60. The van der Waals surface area contributed by atoms with Gasteiger partial charge in [0.1, 0.15) is 5.75 Å². The molecular formula is C19H17ClN2O3. The standard InChI is InChI=1S/C19H17ClN2O3/c1-2-24-17-9-7-15(8-10-17)21-19(23)12-16-11-18(25-22-16)13-3-5-14(20)6-4-13/h3-11H,2,12H2,1H3,(H,21,23). The van der Waals surface area contributed by atoms with Crippen LogP contribution in [0.5, 0.6) is 5.75 Å². The van der Waals surface area contributed by atoms with Gasteiger partial charge in [-0.3, -0.25) is 4.79 Å². The Bertz CT molecular complexity index is 842. The van der Waals surface area contributed by atoms with Crippen molar-refractivity contribution in [2.24, 2.45) is 0 Å². The average molecular weight is 357 g/mol. The van der Waals surface area contributed by atoms with E-state index in [1.807, 2.05) is 31.2 Å². The number of carbonyl (C=O) groups excluding carboxylic acids is 1. The van der Waals surface area contributed by atoms with Crippen LogP contribution in [0, 0.1) is 0 Å². The molecule has 1 heterocycles. The largest absolute Gasteiger partial charge is 0.494 e. The van der Waals surface area contributed by atoms with E-state index >= 15 is 0 Å². The normalized spacial score (nSPS) is 10.5. The molecule has 0 saturated heterocycles. The van der Waals surface area contributed by atoms with E-state index in [1.54, 1.807) is 30.3 Å². The zero-order valence-corrected chi connectivity index (χ0v) is 14.4. The molecule has 0 aliphatic carbocycles. The number of carbonyl (C=O) groups is 1. The van der Waals surface area contributed by atoms with Crippen LogP contribution in [0.1, 0.15) is 12.6 Å². The van der Waals surface area contributed by atoms with Crippen LogP contribution < -0.4 is 10.1 Å². The molecule has 6 heteroatoms. The summed E-state index contributed by atoms with van der Waals surface area (Å²) in [6.07, 6.45) is 0.129. The first-order valence-electron chi connectivity index (χ1n) is 7.88. The van der Waals surface area contributed by atoms with Gasteiger partial charge in [0.15, 0.2) is 5.76 Å². The minimum atomic E-state index is -0.167.